The molecule has 7 heteroatoms. The van der Waals surface area contributed by atoms with Gasteiger partial charge in [-0.15, -0.1) is 0 Å². The number of benzene rings is 1. The smallest absolute Gasteiger partial charge is 0.410 e. The van der Waals surface area contributed by atoms with Crippen molar-refractivity contribution in [3.63, 3.8) is 0 Å². The maximum atomic E-state index is 12.6. The van der Waals surface area contributed by atoms with Crippen LogP contribution in [0.5, 0.6) is 5.75 Å². The first-order valence-electron chi connectivity index (χ1n) is 9.73. The highest BCUT2D eigenvalue weighted by molar-refractivity contribution is 5.94. The van der Waals surface area contributed by atoms with Crippen LogP contribution in [0.3, 0.4) is 0 Å². The van der Waals surface area contributed by atoms with Gasteiger partial charge in [-0.25, -0.2) is 9.59 Å². The maximum absolute atomic E-state index is 12.6. The Balaban J connectivity index is 1.44. The van der Waals surface area contributed by atoms with Crippen molar-refractivity contribution in [1.82, 2.24) is 9.88 Å². The number of carboxylic acid groups (broad SMARTS) is 1. The van der Waals surface area contributed by atoms with E-state index in [2.05, 4.69) is 4.98 Å². The van der Waals surface area contributed by atoms with Gasteiger partial charge in [-0.1, -0.05) is 0 Å². The van der Waals surface area contributed by atoms with Crippen LogP contribution in [0.1, 0.15) is 56.9 Å². The van der Waals surface area contributed by atoms with Crippen LogP contribution in [0.15, 0.2) is 24.3 Å². The highest BCUT2D eigenvalue weighted by atomic mass is 16.6. The molecule has 0 unspecified atom stereocenters. The summed E-state index contributed by atoms with van der Waals surface area (Å²) in [5.41, 5.74) is 0.436. The molecule has 2 fully saturated rings. The van der Waals surface area contributed by atoms with Gasteiger partial charge in [-0.05, 0) is 57.9 Å². The van der Waals surface area contributed by atoms with Gasteiger partial charge in [0.15, 0.2) is 0 Å². The molecule has 2 aliphatic rings. The van der Waals surface area contributed by atoms with E-state index in [9.17, 15) is 9.59 Å². The first kappa shape index (κ1) is 18.7. The lowest BCUT2D eigenvalue weighted by Crippen LogP contribution is -2.50. The van der Waals surface area contributed by atoms with Crippen LogP contribution in [0.2, 0.25) is 0 Å². The average molecular weight is 386 g/mol. The lowest BCUT2D eigenvalue weighted by Gasteiger charge is -2.39. The topological polar surface area (TPSA) is 91.9 Å². The molecular weight excluding hydrogens is 360 g/mol. The molecule has 0 saturated carbocycles. The van der Waals surface area contributed by atoms with Gasteiger partial charge in [-0.2, -0.15) is 0 Å². The molecule has 1 aromatic heterocycles. The van der Waals surface area contributed by atoms with Crippen LogP contribution in [-0.4, -0.2) is 50.8 Å². The maximum Gasteiger partial charge on any atom is 0.410 e. The third kappa shape index (κ3) is 3.66. The summed E-state index contributed by atoms with van der Waals surface area (Å²) in [5, 5.41) is 9.93. The van der Waals surface area contributed by atoms with E-state index in [0.29, 0.717) is 0 Å². The predicted molar refractivity (Wildman–Crippen MR) is 104 cm³/mol. The van der Waals surface area contributed by atoms with Crippen molar-refractivity contribution in [1.29, 1.82) is 0 Å². The molecule has 1 amide bonds. The second-order valence-corrected chi connectivity index (χ2v) is 8.72. The molecule has 7 nitrogen and oxygen atoms in total. The number of nitrogens with one attached hydrogen (secondary N) is 1. The Morgan fingerprint density at radius 3 is 2.43 bits per heavy atom. The van der Waals surface area contributed by atoms with Crippen LogP contribution < -0.4 is 4.74 Å². The molecule has 0 spiro atoms. The van der Waals surface area contributed by atoms with Gasteiger partial charge in [0.25, 0.3) is 0 Å². The van der Waals surface area contributed by atoms with E-state index < -0.39 is 11.6 Å². The molecule has 2 aliphatic heterocycles. The highest BCUT2D eigenvalue weighted by Crippen LogP contribution is 2.38. The molecule has 4 rings (SSSR count). The zero-order valence-electron chi connectivity index (χ0n) is 16.4. The first-order valence-corrected chi connectivity index (χ1v) is 9.73. The molecule has 28 heavy (non-hydrogen) atoms. The molecule has 0 radical (unpaired) electrons. The van der Waals surface area contributed by atoms with Crippen LogP contribution in [0.4, 0.5) is 4.79 Å². The number of aromatic amines is 1. The summed E-state index contributed by atoms with van der Waals surface area (Å²) in [4.78, 5) is 28.4. The van der Waals surface area contributed by atoms with E-state index in [4.69, 9.17) is 14.6 Å². The number of nitrogens with zero attached hydrogens (tertiary/aromatic N) is 1. The summed E-state index contributed by atoms with van der Waals surface area (Å²) in [6, 6.07) is 7.45. The minimum atomic E-state index is -0.982. The largest absolute Gasteiger partial charge is 0.490 e. The Bertz CT molecular complexity index is 899. The zero-order valence-corrected chi connectivity index (χ0v) is 16.4. The van der Waals surface area contributed by atoms with Crippen LogP contribution in [0, 0.1) is 0 Å². The summed E-state index contributed by atoms with van der Waals surface area (Å²) in [6.45, 7) is 5.65. The molecule has 2 aromatic rings. The van der Waals surface area contributed by atoms with Gasteiger partial charge in [0.05, 0.1) is 0 Å². The van der Waals surface area contributed by atoms with E-state index in [-0.39, 0.29) is 30.0 Å². The Kier molecular flexibility index (Phi) is 4.48. The fraction of sp³-hybridized carbons (Fsp3) is 0.524. The summed E-state index contributed by atoms with van der Waals surface area (Å²) in [7, 11) is 0. The molecule has 2 saturated heterocycles. The standard InChI is InChI=1S/C21H26N2O5/c1-21(2,3)28-20(26)23-13-4-5-14(23)11-16(10-13)27-15-6-7-17-12(8-15)9-18(22-17)19(24)25/h6-9,13-14,16,22H,4-5,10-11H2,1-3H3,(H,24,25)/t13-,14+,16-. The number of hydrogen-bond acceptors (Lipinski definition) is 4. The van der Waals surface area contributed by atoms with Crippen molar-refractivity contribution in [2.75, 3.05) is 0 Å². The van der Waals surface area contributed by atoms with Gasteiger partial charge in [0.2, 0.25) is 0 Å². The number of carbonyl (C=O) groups excluding carboxylic acids is 1. The molecular formula is C21H26N2O5. The number of rotatable bonds is 3. The molecule has 1 aromatic carbocycles. The number of amides is 1. The quantitative estimate of drug-likeness (QED) is 0.826. The number of aromatic carboxylic acids is 1. The number of ether oxygens (including phenoxy) is 2. The Hall–Kier alpha value is -2.70. The summed E-state index contributed by atoms with van der Waals surface area (Å²) >= 11 is 0. The Morgan fingerprint density at radius 2 is 1.82 bits per heavy atom. The third-order valence-corrected chi connectivity index (χ3v) is 5.42. The number of piperidine rings is 1. The van der Waals surface area contributed by atoms with Crippen molar-refractivity contribution >= 4 is 23.0 Å². The first-order chi connectivity index (χ1) is 13.2. The summed E-state index contributed by atoms with van der Waals surface area (Å²) in [5.74, 6) is -0.261. The predicted octanol–water partition coefficient (Wildman–Crippen LogP) is 4.18. The summed E-state index contributed by atoms with van der Waals surface area (Å²) < 4.78 is 11.8. The van der Waals surface area contributed by atoms with Crippen LogP contribution >= 0.6 is 0 Å². The zero-order chi connectivity index (χ0) is 20.1. The van der Waals surface area contributed by atoms with Gasteiger partial charge < -0.3 is 24.5 Å². The van der Waals surface area contributed by atoms with Crippen molar-refractivity contribution in [3.05, 3.63) is 30.0 Å². The molecule has 3 heterocycles. The van der Waals surface area contributed by atoms with E-state index in [0.717, 1.165) is 42.3 Å². The van der Waals surface area contributed by atoms with E-state index in [1.807, 2.05) is 43.9 Å². The van der Waals surface area contributed by atoms with Crippen molar-refractivity contribution in [2.24, 2.45) is 0 Å². The fourth-order valence-electron chi connectivity index (χ4n) is 4.33. The monoisotopic (exact) mass is 386 g/mol. The Morgan fingerprint density at radius 1 is 1.14 bits per heavy atom. The lowest BCUT2D eigenvalue weighted by atomic mass is 10.00. The third-order valence-electron chi connectivity index (χ3n) is 5.42. The SMILES string of the molecule is CC(C)(C)OC(=O)N1[C@@H]2CC[C@H]1C[C@H](Oc1ccc3[nH]c(C(=O)O)cc3c1)C2. The molecule has 150 valence electrons. The lowest BCUT2D eigenvalue weighted by molar-refractivity contribution is -0.00707. The molecule has 0 aliphatic carbocycles. The van der Waals surface area contributed by atoms with Crippen molar-refractivity contribution in [3.8, 4) is 5.75 Å². The number of aromatic nitrogens is 1. The highest BCUT2D eigenvalue weighted by Gasteiger charge is 2.45. The van der Waals surface area contributed by atoms with Crippen molar-refractivity contribution in [2.45, 2.75) is 70.2 Å². The second-order valence-electron chi connectivity index (χ2n) is 8.72. The number of hydrogen-bond donors (Lipinski definition) is 2. The van der Waals surface area contributed by atoms with Gasteiger partial charge in [0, 0.05) is 35.8 Å². The number of carbonyl (C=O) groups is 2. The van der Waals surface area contributed by atoms with Gasteiger partial charge >= 0.3 is 12.1 Å². The Labute approximate surface area is 163 Å². The van der Waals surface area contributed by atoms with Crippen LogP contribution in [-0.2, 0) is 4.74 Å². The van der Waals surface area contributed by atoms with E-state index in [1.54, 1.807) is 6.07 Å². The number of carboxylic acids is 1. The minimum absolute atomic E-state index is 0.0338. The van der Waals surface area contributed by atoms with E-state index in [1.165, 1.54) is 0 Å². The van der Waals surface area contributed by atoms with Crippen molar-refractivity contribution < 1.29 is 24.2 Å². The molecule has 2 N–H and O–H groups in total. The molecule has 2 bridgehead atoms. The second kappa shape index (κ2) is 6.72. The number of fused-ring (bicyclic) bond motifs is 3. The minimum Gasteiger partial charge on any atom is -0.490 e. The van der Waals surface area contributed by atoms with Gasteiger partial charge in [-0.3, -0.25) is 0 Å². The summed E-state index contributed by atoms with van der Waals surface area (Å²) in [6.07, 6.45) is 3.31. The van der Waals surface area contributed by atoms with Gasteiger partial charge in [0.1, 0.15) is 23.1 Å². The number of H-pyrrole nitrogens is 1. The van der Waals surface area contributed by atoms with Crippen LogP contribution in [0.25, 0.3) is 10.9 Å². The fourth-order valence-corrected chi connectivity index (χ4v) is 4.33. The van der Waals surface area contributed by atoms with E-state index >= 15 is 0 Å². The normalized spacial score (nSPS) is 24.4. The molecule has 3 atom stereocenters. The average Bonchev–Trinajstić information content (AvgIpc) is 3.12.